The number of rotatable bonds is 4. The molecule has 2 atom stereocenters. The fraction of sp³-hybridized carbons (Fsp3) is 0.200. The van der Waals surface area contributed by atoms with E-state index in [9.17, 15) is 22.8 Å². The number of amides is 2. The van der Waals surface area contributed by atoms with Crippen LogP contribution in [0.5, 0.6) is 0 Å². The first-order chi connectivity index (χ1) is 13.3. The topological polar surface area (TPSA) is 98.2 Å². The number of halogens is 3. The van der Waals surface area contributed by atoms with Crippen LogP contribution in [0, 0.1) is 17.5 Å². The van der Waals surface area contributed by atoms with Crippen molar-refractivity contribution < 1.29 is 22.8 Å². The van der Waals surface area contributed by atoms with Crippen LogP contribution in [0.1, 0.15) is 34.7 Å². The smallest absolute Gasteiger partial charge is 0.251 e. The van der Waals surface area contributed by atoms with Gasteiger partial charge in [0, 0.05) is 34.9 Å². The van der Waals surface area contributed by atoms with Crippen LogP contribution in [-0.4, -0.2) is 17.9 Å². The summed E-state index contributed by atoms with van der Waals surface area (Å²) in [4.78, 5) is 23.7. The maximum atomic E-state index is 14.0. The van der Waals surface area contributed by atoms with Gasteiger partial charge in [0.25, 0.3) is 5.91 Å². The fourth-order valence-electron chi connectivity index (χ4n) is 3.25. The Kier molecular flexibility index (Phi) is 5.51. The van der Waals surface area contributed by atoms with E-state index in [0.717, 1.165) is 6.07 Å². The van der Waals surface area contributed by atoms with Crippen LogP contribution in [-0.2, 0) is 4.79 Å². The Morgan fingerprint density at radius 2 is 1.75 bits per heavy atom. The van der Waals surface area contributed by atoms with Crippen molar-refractivity contribution >= 4 is 17.5 Å². The quantitative estimate of drug-likeness (QED) is 0.701. The minimum atomic E-state index is -1.26. The molecule has 0 spiro atoms. The molecule has 0 fully saturated rings. The van der Waals surface area contributed by atoms with Crippen molar-refractivity contribution in [3.8, 4) is 0 Å². The number of anilines is 1. The summed E-state index contributed by atoms with van der Waals surface area (Å²) in [6.07, 6.45) is 1.93. The van der Waals surface area contributed by atoms with E-state index in [1.807, 2.05) is 0 Å². The first-order valence-corrected chi connectivity index (χ1v) is 8.56. The van der Waals surface area contributed by atoms with Crippen molar-refractivity contribution in [2.45, 2.75) is 24.8 Å². The summed E-state index contributed by atoms with van der Waals surface area (Å²) in [5, 5.41) is 2.66. The lowest BCUT2D eigenvalue weighted by Crippen LogP contribution is -2.34. The first-order valence-electron chi connectivity index (χ1n) is 8.56. The van der Waals surface area contributed by atoms with Gasteiger partial charge in [-0.1, -0.05) is 12.1 Å². The zero-order chi connectivity index (χ0) is 20.4. The molecular formula is C20H18F3N3O2. The third-order valence-electron chi connectivity index (χ3n) is 4.73. The number of allylic oxidation sites excluding steroid dienone is 1. The largest absolute Gasteiger partial charge is 0.366 e. The summed E-state index contributed by atoms with van der Waals surface area (Å²) < 4.78 is 40.7. The van der Waals surface area contributed by atoms with Gasteiger partial charge < -0.3 is 16.8 Å². The van der Waals surface area contributed by atoms with Crippen molar-refractivity contribution in [1.29, 1.82) is 0 Å². The molecule has 8 heteroatoms. The van der Waals surface area contributed by atoms with Gasteiger partial charge >= 0.3 is 0 Å². The Balaban J connectivity index is 1.76. The molecule has 5 nitrogen and oxygen atoms in total. The summed E-state index contributed by atoms with van der Waals surface area (Å²) >= 11 is 0. The van der Waals surface area contributed by atoms with E-state index in [2.05, 4.69) is 5.32 Å². The number of carbonyl (C=O) groups excluding carboxylic acids is 2. The van der Waals surface area contributed by atoms with Gasteiger partial charge in [0.2, 0.25) is 5.91 Å². The second kappa shape index (κ2) is 7.85. The minimum Gasteiger partial charge on any atom is -0.366 e. The van der Waals surface area contributed by atoms with Gasteiger partial charge in [0.15, 0.2) is 11.6 Å². The third kappa shape index (κ3) is 4.07. The maximum absolute atomic E-state index is 14.0. The normalized spacial score (nSPS) is 19.1. The molecule has 2 aromatic carbocycles. The average molecular weight is 389 g/mol. The number of nitrogens with two attached hydrogens (primary N) is 2. The molecule has 0 unspecified atom stereocenters. The number of hydrogen-bond donors (Lipinski definition) is 3. The van der Waals surface area contributed by atoms with Crippen LogP contribution < -0.4 is 16.8 Å². The molecule has 3 rings (SSSR count). The van der Waals surface area contributed by atoms with Gasteiger partial charge in [-0.15, -0.1) is 0 Å². The average Bonchev–Trinajstić information content (AvgIpc) is 2.65. The summed E-state index contributed by atoms with van der Waals surface area (Å²) in [6.45, 7) is 0. The second-order valence-corrected chi connectivity index (χ2v) is 6.63. The molecule has 146 valence electrons. The van der Waals surface area contributed by atoms with E-state index in [4.69, 9.17) is 11.5 Å². The van der Waals surface area contributed by atoms with E-state index in [1.54, 1.807) is 18.2 Å². The lowest BCUT2D eigenvalue weighted by Gasteiger charge is -2.29. The molecular weight excluding hydrogens is 371 g/mol. The molecule has 5 N–H and O–H groups in total. The molecule has 0 saturated carbocycles. The standard InChI is InChI=1S/C20H18F3N3O2/c21-15-9-17(23)16(22)8-14(15)13-5-4-11(7-18(13)24)20(28)26-12-3-1-2-10(6-12)19(25)27/h1-4,6,8-9,13,18H,5,7,24H2,(H2,25,27)(H,26,28)/t13-,18+/m0/s1. The molecule has 1 aliphatic rings. The predicted octanol–water partition coefficient (Wildman–Crippen LogP) is 2.97. The molecule has 0 heterocycles. The first kappa shape index (κ1) is 19.6. The zero-order valence-electron chi connectivity index (χ0n) is 14.7. The van der Waals surface area contributed by atoms with Crippen LogP contribution in [0.25, 0.3) is 0 Å². The summed E-state index contributed by atoms with van der Waals surface area (Å²) in [7, 11) is 0. The van der Waals surface area contributed by atoms with Crippen LogP contribution in [0.3, 0.4) is 0 Å². The van der Waals surface area contributed by atoms with E-state index in [0.29, 0.717) is 17.3 Å². The Bertz CT molecular complexity index is 975. The molecule has 0 aliphatic heterocycles. The predicted molar refractivity (Wildman–Crippen MR) is 97.9 cm³/mol. The van der Waals surface area contributed by atoms with Crippen molar-refractivity contribution in [3.63, 3.8) is 0 Å². The van der Waals surface area contributed by atoms with Crippen molar-refractivity contribution in [3.05, 3.63) is 76.6 Å². The van der Waals surface area contributed by atoms with E-state index < -0.39 is 41.2 Å². The van der Waals surface area contributed by atoms with Crippen LogP contribution in [0.15, 0.2) is 48.0 Å². The Morgan fingerprint density at radius 3 is 2.43 bits per heavy atom. The number of primary amides is 1. The van der Waals surface area contributed by atoms with Gasteiger partial charge in [0.05, 0.1) is 0 Å². The summed E-state index contributed by atoms with van der Waals surface area (Å²) in [6, 6.07) is 6.81. The van der Waals surface area contributed by atoms with Gasteiger partial charge in [0.1, 0.15) is 5.82 Å². The SMILES string of the molecule is NC(=O)c1cccc(NC(=O)C2=CC[C@@H](c3cc(F)c(F)cc3F)[C@H](N)C2)c1. The molecule has 0 bridgehead atoms. The molecule has 28 heavy (non-hydrogen) atoms. The van der Waals surface area contributed by atoms with Crippen molar-refractivity contribution in [2.24, 2.45) is 11.5 Å². The van der Waals surface area contributed by atoms with Crippen LogP contribution in [0.2, 0.25) is 0 Å². The Hall–Kier alpha value is -3.13. The number of nitrogens with one attached hydrogen (secondary N) is 1. The van der Waals surface area contributed by atoms with Crippen molar-refractivity contribution in [2.75, 3.05) is 5.32 Å². The van der Waals surface area contributed by atoms with Crippen LogP contribution in [0.4, 0.5) is 18.9 Å². The number of hydrogen-bond acceptors (Lipinski definition) is 3. The second-order valence-electron chi connectivity index (χ2n) is 6.63. The van der Waals surface area contributed by atoms with Gasteiger partial charge in [-0.3, -0.25) is 9.59 Å². The van der Waals surface area contributed by atoms with Gasteiger partial charge in [-0.2, -0.15) is 0 Å². The highest BCUT2D eigenvalue weighted by Gasteiger charge is 2.29. The lowest BCUT2D eigenvalue weighted by atomic mass is 9.80. The molecule has 0 aromatic heterocycles. The molecule has 2 aromatic rings. The van der Waals surface area contributed by atoms with Gasteiger partial charge in [-0.25, -0.2) is 13.2 Å². The molecule has 1 aliphatic carbocycles. The fourth-order valence-corrected chi connectivity index (χ4v) is 3.25. The molecule has 0 saturated heterocycles. The highest BCUT2D eigenvalue weighted by molar-refractivity contribution is 6.04. The van der Waals surface area contributed by atoms with Crippen molar-refractivity contribution in [1.82, 2.24) is 0 Å². The highest BCUT2D eigenvalue weighted by Crippen LogP contribution is 2.34. The highest BCUT2D eigenvalue weighted by atomic mass is 19.2. The maximum Gasteiger partial charge on any atom is 0.251 e. The summed E-state index contributed by atoms with van der Waals surface area (Å²) in [5.74, 6) is -4.90. The Labute approximate surface area is 159 Å². The number of carbonyl (C=O) groups is 2. The lowest BCUT2D eigenvalue weighted by molar-refractivity contribution is -0.113. The van der Waals surface area contributed by atoms with Gasteiger partial charge in [-0.05, 0) is 42.7 Å². The van der Waals surface area contributed by atoms with E-state index in [-0.39, 0.29) is 24.0 Å². The molecule has 2 amide bonds. The Morgan fingerprint density at radius 1 is 1.04 bits per heavy atom. The monoisotopic (exact) mass is 389 g/mol. The molecule has 0 radical (unpaired) electrons. The zero-order valence-corrected chi connectivity index (χ0v) is 14.7. The number of benzene rings is 2. The van der Waals surface area contributed by atoms with Crippen LogP contribution >= 0.6 is 0 Å². The minimum absolute atomic E-state index is 0.0173. The van der Waals surface area contributed by atoms with E-state index >= 15 is 0 Å². The van der Waals surface area contributed by atoms with E-state index in [1.165, 1.54) is 12.1 Å². The third-order valence-corrected chi connectivity index (χ3v) is 4.73. The summed E-state index contributed by atoms with van der Waals surface area (Å²) in [5.41, 5.74) is 12.3.